The SMILES string of the molecule is CCCCCCOc1ccc(C(=O)Oc2ccc(OC(=O)c3cccc(C(=O)Oc4ccc(OC(=O)c5ccc(OCCCCCC)cc5)cc4C(=O)OCc4ccc([N+](=O)[O-])cc4)c3C)c(C(=O)OCc3ccc([N+](=O)[O-])cc3)c2)cc1. The van der Waals surface area contributed by atoms with Gasteiger partial charge in [-0.05, 0) is 158 Å². The summed E-state index contributed by atoms with van der Waals surface area (Å²) in [7, 11) is 0. The number of carbonyl (C=O) groups excluding carboxylic acids is 6. The van der Waals surface area contributed by atoms with Crippen molar-refractivity contribution >= 4 is 47.2 Å². The van der Waals surface area contributed by atoms with E-state index in [1.807, 2.05) is 0 Å². The summed E-state index contributed by atoms with van der Waals surface area (Å²) in [4.78, 5) is 104. The Bertz CT molecular complexity index is 3230. The highest BCUT2D eigenvalue weighted by atomic mass is 16.6. The van der Waals surface area contributed by atoms with Crippen molar-refractivity contribution in [1.82, 2.24) is 0 Å². The summed E-state index contributed by atoms with van der Waals surface area (Å²) in [5, 5.41) is 22.4. The average molecular weight is 1130 g/mol. The summed E-state index contributed by atoms with van der Waals surface area (Å²) in [6.07, 6.45) is 8.21. The van der Waals surface area contributed by atoms with Crippen LogP contribution < -0.4 is 28.4 Å². The Morgan fingerprint density at radius 1 is 0.398 bits per heavy atom. The van der Waals surface area contributed by atoms with Crippen molar-refractivity contribution in [1.29, 1.82) is 0 Å². The zero-order valence-electron chi connectivity index (χ0n) is 45.7. The number of benzene rings is 7. The van der Waals surface area contributed by atoms with E-state index in [9.17, 15) is 49.0 Å². The second-order valence-electron chi connectivity index (χ2n) is 18.7. The Morgan fingerprint density at radius 3 is 1.13 bits per heavy atom. The van der Waals surface area contributed by atoms with Gasteiger partial charge in [-0.1, -0.05) is 58.4 Å². The summed E-state index contributed by atoms with van der Waals surface area (Å²) in [5.41, 5.74) is -0.252. The van der Waals surface area contributed by atoms with Crippen LogP contribution in [0.1, 0.15) is 144 Å². The molecule has 0 fully saturated rings. The van der Waals surface area contributed by atoms with E-state index in [-0.39, 0.29) is 86.5 Å². The number of non-ortho nitro benzene ring substituents is 2. The normalized spacial score (nSPS) is 10.7. The third-order valence-electron chi connectivity index (χ3n) is 12.7. The van der Waals surface area contributed by atoms with Gasteiger partial charge in [0.05, 0.1) is 45.3 Å². The molecule has 7 rings (SSSR count). The van der Waals surface area contributed by atoms with E-state index >= 15 is 0 Å². The van der Waals surface area contributed by atoms with Gasteiger partial charge in [0.1, 0.15) is 58.8 Å². The second kappa shape index (κ2) is 29.8. The molecule has 0 heterocycles. The third kappa shape index (κ3) is 17.4. The molecule has 83 heavy (non-hydrogen) atoms. The minimum absolute atomic E-state index is 0.0454. The molecular formula is C63H58N2O18. The van der Waals surface area contributed by atoms with Gasteiger partial charge in [0.25, 0.3) is 11.4 Å². The molecule has 0 aliphatic heterocycles. The minimum Gasteiger partial charge on any atom is -0.494 e. The van der Waals surface area contributed by atoms with Crippen LogP contribution in [0.3, 0.4) is 0 Å². The first kappa shape index (κ1) is 60.4. The molecule has 0 aromatic heterocycles. The van der Waals surface area contributed by atoms with Gasteiger partial charge in [0.15, 0.2) is 0 Å². The molecule has 20 nitrogen and oxygen atoms in total. The van der Waals surface area contributed by atoms with Gasteiger partial charge in [-0.15, -0.1) is 0 Å². The summed E-state index contributed by atoms with van der Waals surface area (Å²) < 4.78 is 45.4. The Balaban J connectivity index is 1.09. The molecule has 0 aliphatic carbocycles. The van der Waals surface area contributed by atoms with Crippen molar-refractivity contribution in [2.24, 2.45) is 0 Å². The molecule has 0 amide bonds. The Morgan fingerprint density at radius 2 is 0.771 bits per heavy atom. The molecule has 0 unspecified atom stereocenters. The van der Waals surface area contributed by atoms with Gasteiger partial charge < -0.3 is 37.9 Å². The van der Waals surface area contributed by atoms with E-state index in [1.54, 1.807) is 24.3 Å². The number of nitro groups is 2. The molecule has 0 N–H and O–H groups in total. The van der Waals surface area contributed by atoms with E-state index in [1.165, 1.54) is 122 Å². The average Bonchev–Trinajstić information content (AvgIpc) is 3.55. The molecule has 20 heteroatoms. The van der Waals surface area contributed by atoms with Crippen molar-refractivity contribution < 1.29 is 76.5 Å². The number of esters is 6. The third-order valence-corrected chi connectivity index (χ3v) is 12.7. The maximum atomic E-state index is 14.1. The second-order valence-corrected chi connectivity index (χ2v) is 18.7. The van der Waals surface area contributed by atoms with Crippen LogP contribution in [0.5, 0.6) is 34.5 Å². The number of carbonyl (C=O) groups is 6. The van der Waals surface area contributed by atoms with Crippen LogP contribution in [0.4, 0.5) is 11.4 Å². The lowest BCUT2D eigenvalue weighted by molar-refractivity contribution is -0.385. The monoisotopic (exact) mass is 1130 g/mol. The number of rotatable bonds is 28. The topological polar surface area (TPSA) is 263 Å². The molecule has 7 aromatic rings. The lowest BCUT2D eigenvalue weighted by Gasteiger charge is -2.15. The number of nitrogens with zero attached hydrogens (tertiary/aromatic N) is 2. The number of nitro benzene ring substituents is 2. The maximum absolute atomic E-state index is 14.1. The van der Waals surface area contributed by atoms with E-state index in [0.717, 1.165) is 63.5 Å². The fourth-order valence-corrected chi connectivity index (χ4v) is 8.05. The smallest absolute Gasteiger partial charge is 0.343 e. The molecule has 0 saturated heterocycles. The summed E-state index contributed by atoms with van der Waals surface area (Å²) in [5.74, 6) is -5.53. The van der Waals surface area contributed by atoms with Crippen LogP contribution in [0.15, 0.2) is 152 Å². The van der Waals surface area contributed by atoms with Gasteiger partial charge in [-0.2, -0.15) is 0 Å². The van der Waals surface area contributed by atoms with Gasteiger partial charge in [0.2, 0.25) is 0 Å². The lowest BCUT2D eigenvalue weighted by Crippen LogP contribution is -2.18. The molecule has 428 valence electrons. The summed E-state index contributed by atoms with van der Waals surface area (Å²) in [6.45, 7) is 5.97. The van der Waals surface area contributed by atoms with E-state index in [2.05, 4.69) is 13.8 Å². The number of ether oxygens (including phenoxy) is 8. The standard InChI is InChI=1S/C63H58N2O18/c1-4-6-8-10-35-76-48-27-19-44(20-28-48)58(66)80-50-31-33-56(54(37-50)60(68)78-39-42-15-23-46(24-16-42)64(72)73)82-62(70)52-13-12-14-53(41(52)3)63(71)83-57-34-32-51(38-55(57)61(69)79-40-43-17-25-47(26-18-43)65(74)75)81-59(67)45-21-29-49(30-22-45)77-36-11-9-7-5-2/h12-34,37-38H,4-11,35-36,39-40H2,1-3H3. The first-order valence-corrected chi connectivity index (χ1v) is 26.6. The molecule has 0 bridgehead atoms. The molecule has 0 aliphatic rings. The van der Waals surface area contributed by atoms with Crippen LogP contribution in [0, 0.1) is 27.2 Å². The van der Waals surface area contributed by atoms with Crippen LogP contribution in [0.25, 0.3) is 0 Å². The lowest BCUT2D eigenvalue weighted by atomic mass is 10.0. The summed E-state index contributed by atoms with van der Waals surface area (Å²) in [6, 6.07) is 34.4. The maximum Gasteiger partial charge on any atom is 0.343 e. The Hall–Kier alpha value is -10.2. The van der Waals surface area contributed by atoms with Gasteiger partial charge >= 0.3 is 35.8 Å². The first-order chi connectivity index (χ1) is 40.1. The van der Waals surface area contributed by atoms with Crippen molar-refractivity contribution in [3.8, 4) is 34.5 Å². The van der Waals surface area contributed by atoms with Gasteiger partial charge in [0, 0.05) is 24.3 Å². The molecular weight excluding hydrogens is 1070 g/mol. The highest BCUT2D eigenvalue weighted by molar-refractivity contribution is 6.02. The van der Waals surface area contributed by atoms with E-state index in [0.29, 0.717) is 35.8 Å². The predicted octanol–water partition coefficient (Wildman–Crippen LogP) is 13.3. The number of unbranched alkanes of at least 4 members (excludes halogenated alkanes) is 6. The highest BCUT2D eigenvalue weighted by Crippen LogP contribution is 2.31. The Kier molecular flexibility index (Phi) is 21.7. The number of hydrogen-bond acceptors (Lipinski definition) is 18. The first-order valence-electron chi connectivity index (χ1n) is 26.6. The van der Waals surface area contributed by atoms with Gasteiger partial charge in [-0.25, -0.2) is 28.8 Å². The van der Waals surface area contributed by atoms with Crippen LogP contribution in [0.2, 0.25) is 0 Å². The van der Waals surface area contributed by atoms with Crippen molar-refractivity contribution in [3.63, 3.8) is 0 Å². The molecule has 0 spiro atoms. The van der Waals surface area contributed by atoms with E-state index in [4.69, 9.17) is 37.9 Å². The summed E-state index contributed by atoms with van der Waals surface area (Å²) >= 11 is 0. The quantitative estimate of drug-likeness (QED) is 0.0145. The highest BCUT2D eigenvalue weighted by Gasteiger charge is 2.26. The van der Waals surface area contributed by atoms with Crippen LogP contribution in [-0.2, 0) is 22.7 Å². The van der Waals surface area contributed by atoms with Crippen molar-refractivity contribution in [3.05, 3.63) is 222 Å². The molecule has 0 saturated carbocycles. The van der Waals surface area contributed by atoms with E-state index < -0.39 is 45.7 Å². The fraction of sp³-hybridized carbons (Fsp3) is 0.238. The predicted molar refractivity (Wildman–Crippen MR) is 300 cm³/mol. The van der Waals surface area contributed by atoms with Crippen LogP contribution >= 0.6 is 0 Å². The minimum atomic E-state index is -1.05. The fourth-order valence-electron chi connectivity index (χ4n) is 8.05. The van der Waals surface area contributed by atoms with Crippen molar-refractivity contribution in [2.75, 3.05) is 13.2 Å². The van der Waals surface area contributed by atoms with Crippen LogP contribution in [-0.4, -0.2) is 58.9 Å². The largest absolute Gasteiger partial charge is 0.494 e. The molecule has 0 radical (unpaired) electrons. The zero-order valence-corrected chi connectivity index (χ0v) is 45.7. The zero-order chi connectivity index (χ0) is 59.3. The van der Waals surface area contributed by atoms with Gasteiger partial charge in [-0.3, -0.25) is 20.2 Å². The molecule has 0 atom stereocenters. The number of hydrogen-bond donors (Lipinski definition) is 0. The Labute approximate surface area is 477 Å². The van der Waals surface area contributed by atoms with Crippen molar-refractivity contribution in [2.45, 2.75) is 85.4 Å². The molecule has 7 aromatic carbocycles.